The lowest BCUT2D eigenvalue weighted by Gasteiger charge is -2.23. The highest BCUT2D eigenvalue weighted by Gasteiger charge is 2.41. The molecule has 1 rings (SSSR count). The first kappa shape index (κ1) is 16.9. The maximum absolute atomic E-state index is 11.7. The van der Waals surface area contributed by atoms with Crippen molar-refractivity contribution in [3.8, 4) is 0 Å². The fraction of sp³-hybridized carbons (Fsp3) is 0.833. The van der Waals surface area contributed by atoms with Crippen molar-refractivity contribution in [2.45, 2.75) is 39.0 Å². The summed E-state index contributed by atoms with van der Waals surface area (Å²) in [6, 6.07) is 0. The van der Waals surface area contributed by atoms with Gasteiger partial charge in [0.15, 0.2) is 0 Å². The Morgan fingerprint density at radius 3 is 2.40 bits per heavy atom. The topological polar surface area (TPSA) is 110 Å². The molecule has 0 aromatic rings. The number of carbonyl (C=O) groups excluding carboxylic acids is 1. The van der Waals surface area contributed by atoms with E-state index in [0.29, 0.717) is 12.8 Å². The molecule has 0 amide bonds. The van der Waals surface area contributed by atoms with Gasteiger partial charge in [0.2, 0.25) is 10.0 Å². The molecule has 0 heterocycles. The Hall–Kier alpha value is -1.15. The van der Waals surface area contributed by atoms with Crippen molar-refractivity contribution in [2.24, 2.45) is 5.41 Å². The molecule has 0 aromatic heterocycles. The van der Waals surface area contributed by atoms with E-state index in [2.05, 4.69) is 9.46 Å². The van der Waals surface area contributed by atoms with Crippen LogP contribution in [-0.2, 0) is 24.3 Å². The molecular formula is C12H21NO6S. The van der Waals surface area contributed by atoms with E-state index in [1.54, 1.807) is 6.92 Å². The Morgan fingerprint density at radius 1 is 1.30 bits per heavy atom. The van der Waals surface area contributed by atoms with Gasteiger partial charge in [-0.25, -0.2) is 13.1 Å². The minimum absolute atomic E-state index is 0.118. The maximum Gasteiger partial charge on any atom is 0.310 e. The zero-order valence-corrected chi connectivity index (χ0v) is 12.4. The van der Waals surface area contributed by atoms with Crippen LogP contribution in [0.5, 0.6) is 0 Å². The molecule has 0 atom stereocenters. The van der Waals surface area contributed by atoms with Crippen LogP contribution in [0.15, 0.2) is 0 Å². The first-order chi connectivity index (χ1) is 9.31. The summed E-state index contributed by atoms with van der Waals surface area (Å²) in [5.41, 5.74) is -1.00. The van der Waals surface area contributed by atoms with Crippen LogP contribution >= 0.6 is 0 Å². The van der Waals surface area contributed by atoms with E-state index in [9.17, 15) is 23.1 Å². The number of hydrogen-bond acceptors (Lipinski definition) is 5. The Bertz CT molecular complexity index is 453. The summed E-state index contributed by atoms with van der Waals surface area (Å²) in [6.07, 6.45) is 2.29. The van der Waals surface area contributed by atoms with Crippen LogP contribution in [0.4, 0.5) is 0 Å². The van der Waals surface area contributed by atoms with Crippen molar-refractivity contribution in [2.75, 3.05) is 18.9 Å². The van der Waals surface area contributed by atoms with Gasteiger partial charge in [-0.05, 0) is 19.8 Å². The van der Waals surface area contributed by atoms with Crippen LogP contribution in [0.1, 0.15) is 39.0 Å². The Balaban J connectivity index is 2.50. The monoisotopic (exact) mass is 307 g/mol. The molecule has 0 spiro atoms. The highest BCUT2D eigenvalue weighted by Crippen LogP contribution is 2.37. The number of aliphatic carboxylic acids is 1. The summed E-state index contributed by atoms with van der Waals surface area (Å²) in [4.78, 5) is 22.4. The molecule has 0 aromatic carbocycles. The summed E-state index contributed by atoms with van der Waals surface area (Å²) in [5, 5.41) is 9.24. The SMILES string of the molecule is CCOC(=O)CCS(=O)(=O)NCC1(C(=O)O)CCCC1. The fourth-order valence-corrected chi connectivity index (χ4v) is 3.37. The Labute approximate surface area is 118 Å². The second-order valence-electron chi connectivity index (χ2n) is 4.99. The number of hydrogen-bond donors (Lipinski definition) is 2. The molecule has 0 unspecified atom stereocenters. The van der Waals surface area contributed by atoms with Gasteiger partial charge in [0.05, 0.1) is 24.2 Å². The van der Waals surface area contributed by atoms with Crippen molar-refractivity contribution >= 4 is 22.0 Å². The zero-order valence-electron chi connectivity index (χ0n) is 11.6. The highest BCUT2D eigenvalue weighted by atomic mass is 32.2. The lowest BCUT2D eigenvalue weighted by Crippen LogP contribution is -2.42. The molecule has 20 heavy (non-hydrogen) atoms. The third-order valence-corrected chi connectivity index (χ3v) is 4.85. The molecule has 0 saturated heterocycles. The van der Waals surface area contributed by atoms with Gasteiger partial charge in [-0.15, -0.1) is 0 Å². The molecule has 2 N–H and O–H groups in total. The first-order valence-electron chi connectivity index (χ1n) is 6.68. The molecule has 1 fully saturated rings. The standard InChI is InChI=1S/C12H21NO6S/c1-2-19-10(14)5-8-20(17,18)13-9-12(11(15)16)6-3-4-7-12/h13H,2-9H2,1H3,(H,15,16). The average molecular weight is 307 g/mol. The van der Waals surface area contributed by atoms with Crippen molar-refractivity contribution in [1.82, 2.24) is 4.72 Å². The van der Waals surface area contributed by atoms with Gasteiger partial charge in [-0.3, -0.25) is 9.59 Å². The van der Waals surface area contributed by atoms with Gasteiger partial charge in [-0.1, -0.05) is 12.8 Å². The van der Waals surface area contributed by atoms with E-state index in [1.165, 1.54) is 0 Å². The molecule has 0 radical (unpaired) electrons. The number of carboxylic acid groups (broad SMARTS) is 1. The first-order valence-corrected chi connectivity index (χ1v) is 8.33. The smallest absolute Gasteiger partial charge is 0.310 e. The predicted molar refractivity (Wildman–Crippen MR) is 71.6 cm³/mol. The molecule has 1 aliphatic rings. The van der Waals surface area contributed by atoms with E-state index in [0.717, 1.165) is 12.8 Å². The molecule has 8 heteroatoms. The fourth-order valence-electron chi connectivity index (χ4n) is 2.29. The summed E-state index contributed by atoms with van der Waals surface area (Å²) < 4.78 is 30.5. The van der Waals surface area contributed by atoms with Crippen molar-refractivity contribution in [3.05, 3.63) is 0 Å². The van der Waals surface area contributed by atoms with Crippen LogP contribution in [0.2, 0.25) is 0 Å². The number of rotatable bonds is 8. The lowest BCUT2D eigenvalue weighted by molar-refractivity contribution is -0.148. The Morgan fingerprint density at radius 2 is 1.90 bits per heavy atom. The molecule has 1 aliphatic carbocycles. The minimum Gasteiger partial charge on any atom is -0.481 e. The number of sulfonamides is 1. The van der Waals surface area contributed by atoms with Gasteiger partial charge >= 0.3 is 11.9 Å². The van der Waals surface area contributed by atoms with E-state index in [1.807, 2.05) is 0 Å². The van der Waals surface area contributed by atoms with Gasteiger partial charge in [0.1, 0.15) is 0 Å². The third-order valence-electron chi connectivity index (χ3n) is 3.53. The van der Waals surface area contributed by atoms with Crippen molar-refractivity contribution in [3.63, 3.8) is 0 Å². The van der Waals surface area contributed by atoms with E-state index in [4.69, 9.17) is 0 Å². The molecule has 7 nitrogen and oxygen atoms in total. The van der Waals surface area contributed by atoms with Crippen LogP contribution in [-0.4, -0.2) is 44.4 Å². The van der Waals surface area contributed by atoms with Crippen LogP contribution in [0.25, 0.3) is 0 Å². The normalized spacial score (nSPS) is 17.9. The second-order valence-corrected chi connectivity index (χ2v) is 6.91. The number of carbonyl (C=O) groups is 2. The van der Waals surface area contributed by atoms with Crippen LogP contribution in [0, 0.1) is 5.41 Å². The number of ether oxygens (including phenoxy) is 1. The third kappa shape index (κ3) is 4.75. The zero-order chi connectivity index (χ0) is 15.2. The highest BCUT2D eigenvalue weighted by molar-refractivity contribution is 7.89. The van der Waals surface area contributed by atoms with Gasteiger partial charge in [-0.2, -0.15) is 0 Å². The average Bonchev–Trinajstić information content (AvgIpc) is 2.85. The quantitative estimate of drug-likeness (QED) is 0.632. The van der Waals surface area contributed by atoms with Gasteiger partial charge in [0, 0.05) is 6.54 Å². The predicted octanol–water partition coefficient (Wildman–Crippen LogP) is 0.504. The number of esters is 1. The van der Waals surface area contributed by atoms with E-state index >= 15 is 0 Å². The summed E-state index contributed by atoms with van der Waals surface area (Å²) in [6.45, 7) is 1.73. The summed E-state index contributed by atoms with van der Waals surface area (Å²) >= 11 is 0. The van der Waals surface area contributed by atoms with E-state index < -0.39 is 27.4 Å². The minimum atomic E-state index is -3.67. The second kappa shape index (κ2) is 7.03. The van der Waals surface area contributed by atoms with Crippen LogP contribution < -0.4 is 4.72 Å². The lowest BCUT2D eigenvalue weighted by atomic mass is 9.87. The largest absolute Gasteiger partial charge is 0.481 e. The summed E-state index contributed by atoms with van der Waals surface area (Å²) in [5.74, 6) is -1.93. The van der Waals surface area contributed by atoms with Gasteiger partial charge in [0.25, 0.3) is 0 Å². The molecule has 0 aliphatic heterocycles. The summed E-state index contributed by atoms with van der Waals surface area (Å²) in [7, 11) is -3.67. The maximum atomic E-state index is 11.7. The molecule has 1 saturated carbocycles. The molecule has 116 valence electrons. The molecule has 0 bridgehead atoms. The number of nitrogens with one attached hydrogen (secondary N) is 1. The van der Waals surface area contributed by atoms with E-state index in [-0.39, 0.29) is 25.3 Å². The van der Waals surface area contributed by atoms with Crippen LogP contribution in [0.3, 0.4) is 0 Å². The number of carboxylic acids is 1. The Kier molecular flexibility index (Phi) is 5.94. The van der Waals surface area contributed by atoms with Crippen molar-refractivity contribution < 1.29 is 27.9 Å². The van der Waals surface area contributed by atoms with Gasteiger partial charge < -0.3 is 9.84 Å². The molecular weight excluding hydrogens is 286 g/mol. The van der Waals surface area contributed by atoms with Crippen molar-refractivity contribution in [1.29, 1.82) is 0 Å².